The Morgan fingerprint density at radius 3 is 2.25 bits per heavy atom. The highest BCUT2D eigenvalue weighted by molar-refractivity contribution is 4.75. The summed E-state index contributed by atoms with van der Waals surface area (Å²) < 4.78 is 0. The lowest BCUT2D eigenvalue weighted by Gasteiger charge is -2.08. The molecule has 0 unspecified atom stereocenters. The van der Waals surface area contributed by atoms with Crippen molar-refractivity contribution in [2.45, 2.75) is 26.4 Å². The van der Waals surface area contributed by atoms with E-state index in [4.69, 9.17) is 10.4 Å². The molecule has 0 saturated carbocycles. The van der Waals surface area contributed by atoms with Gasteiger partial charge in [0.25, 0.3) is 0 Å². The SMILES string of the molecule is C[C@H](O)[C@@H](C)CC#N. The molecule has 0 rings (SSSR count). The highest BCUT2D eigenvalue weighted by Crippen LogP contribution is 2.04. The first kappa shape index (κ1) is 7.45. The lowest BCUT2D eigenvalue weighted by molar-refractivity contribution is 0.137. The number of rotatable bonds is 2. The van der Waals surface area contributed by atoms with Gasteiger partial charge in [-0.1, -0.05) is 6.92 Å². The zero-order valence-electron chi connectivity index (χ0n) is 5.26. The smallest absolute Gasteiger partial charge is 0.0625 e. The van der Waals surface area contributed by atoms with Gasteiger partial charge in [-0.3, -0.25) is 0 Å². The molecule has 0 bridgehead atoms. The van der Waals surface area contributed by atoms with Gasteiger partial charge in [0.05, 0.1) is 12.2 Å². The largest absolute Gasteiger partial charge is 0.393 e. The zero-order chi connectivity index (χ0) is 6.57. The predicted molar refractivity (Wildman–Crippen MR) is 31.1 cm³/mol. The Hall–Kier alpha value is -0.550. The maximum Gasteiger partial charge on any atom is 0.0625 e. The van der Waals surface area contributed by atoms with Crippen LogP contribution < -0.4 is 0 Å². The van der Waals surface area contributed by atoms with Crippen LogP contribution in [-0.4, -0.2) is 11.2 Å². The second-order valence-corrected chi connectivity index (χ2v) is 2.08. The summed E-state index contributed by atoms with van der Waals surface area (Å²) in [4.78, 5) is 0. The fourth-order valence-corrected chi connectivity index (χ4v) is 0.315. The molecule has 0 aliphatic rings. The summed E-state index contributed by atoms with van der Waals surface area (Å²) in [5.41, 5.74) is 0. The van der Waals surface area contributed by atoms with Crippen molar-refractivity contribution in [3.63, 3.8) is 0 Å². The van der Waals surface area contributed by atoms with Gasteiger partial charge in [0.15, 0.2) is 0 Å². The van der Waals surface area contributed by atoms with Crippen LogP contribution in [0.15, 0.2) is 0 Å². The third-order valence-electron chi connectivity index (χ3n) is 1.24. The summed E-state index contributed by atoms with van der Waals surface area (Å²) in [5.74, 6) is 0.111. The fraction of sp³-hybridized carbons (Fsp3) is 0.833. The van der Waals surface area contributed by atoms with Gasteiger partial charge in [-0.25, -0.2) is 0 Å². The third-order valence-corrected chi connectivity index (χ3v) is 1.24. The Labute approximate surface area is 49.8 Å². The Morgan fingerprint density at radius 2 is 2.12 bits per heavy atom. The van der Waals surface area contributed by atoms with Crippen LogP contribution in [0.25, 0.3) is 0 Å². The number of aliphatic hydroxyl groups is 1. The van der Waals surface area contributed by atoms with Crippen molar-refractivity contribution >= 4 is 0 Å². The Bertz CT molecular complexity index is 93.2. The normalized spacial score (nSPS) is 16.8. The summed E-state index contributed by atoms with van der Waals surface area (Å²) in [6.07, 6.45) is 0.0900. The molecule has 0 saturated heterocycles. The fourth-order valence-electron chi connectivity index (χ4n) is 0.315. The molecule has 1 N–H and O–H groups in total. The number of aliphatic hydroxyl groups excluding tert-OH is 1. The molecule has 0 aliphatic carbocycles. The van der Waals surface area contributed by atoms with Gasteiger partial charge in [-0.15, -0.1) is 0 Å². The Morgan fingerprint density at radius 1 is 1.62 bits per heavy atom. The summed E-state index contributed by atoms with van der Waals surface area (Å²) >= 11 is 0. The molecule has 0 radical (unpaired) electrons. The van der Waals surface area contributed by atoms with Gasteiger partial charge >= 0.3 is 0 Å². The van der Waals surface area contributed by atoms with Crippen LogP contribution in [0.3, 0.4) is 0 Å². The highest BCUT2D eigenvalue weighted by atomic mass is 16.3. The van der Waals surface area contributed by atoms with Crippen molar-refractivity contribution in [3.8, 4) is 6.07 Å². The van der Waals surface area contributed by atoms with E-state index in [-0.39, 0.29) is 12.0 Å². The first-order valence-electron chi connectivity index (χ1n) is 2.73. The van der Waals surface area contributed by atoms with E-state index in [1.54, 1.807) is 6.92 Å². The standard InChI is InChI=1S/C6H11NO/c1-5(3-4-7)6(2)8/h5-6,8H,3H2,1-2H3/t5-,6-/m0/s1. The molecule has 2 atom stereocenters. The Kier molecular flexibility index (Phi) is 3.21. The number of nitriles is 1. The monoisotopic (exact) mass is 113 g/mol. The van der Waals surface area contributed by atoms with E-state index in [0.29, 0.717) is 6.42 Å². The van der Waals surface area contributed by atoms with E-state index in [9.17, 15) is 0 Å². The molecule has 46 valence electrons. The van der Waals surface area contributed by atoms with Gasteiger partial charge < -0.3 is 5.11 Å². The quantitative estimate of drug-likeness (QED) is 0.578. The van der Waals surface area contributed by atoms with Crippen molar-refractivity contribution in [2.75, 3.05) is 0 Å². The number of nitrogens with zero attached hydrogens (tertiary/aromatic N) is 1. The topological polar surface area (TPSA) is 44.0 Å². The van der Waals surface area contributed by atoms with Crippen molar-refractivity contribution < 1.29 is 5.11 Å². The summed E-state index contributed by atoms with van der Waals surface area (Å²) in [6.45, 7) is 3.55. The maximum absolute atomic E-state index is 8.80. The molecule has 0 heterocycles. The van der Waals surface area contributed by atoms with Crippen LogP contribution in [0.5, 0.6) is 0 Å². The van der Waals surface area contributed by atoms with E-state index in [2.05, 4.69) is 0 Å². The van der Waals surface area contributed by atoms with Crippen LogP contribution >= 0.6 is 0 Å². The van der Waals surface area contributed by atoms with E-state index in [1.807, 2.05) is 13.0 Å². The van der Waals surface area contributed by atoms with Gasteiger partial charge in [0, 0.05) is 6.42 Å². The van der Waals surface area contributed by atoms with E-state index in [1.165, 1.54) is 0 Å². The lowest BCUT2D eigenvalue weighted by atomic mass is 10.0. The minimum absolute atomic E-state index is 0.111. The van der Waals surface area contributed by atoms with E-state index in [0.717, 1.165) is 0 Å². The van der Waals surface area contributed by atoms with Crippen molar-refractivity contribution in [1.82, 2.24) is 0 Å². The lowest BCUT2D eigenvalue weighted by Crippen LogP contribution is -2.11. The van der Waals surface area contributed by atoms with Crippen molar-refractivity contribution in [3.05, 3.63) is 0 Å². The van der Waals surface area contributed by atoms with Crippen molar-refractivity contribution in [1.29, 1.82) is 5.26 Å². The van der Waals surface area contributed by atoms with Gasteiger partial charge in [0.1, 0.15) is 0 Å². The first-order valence-corrected chi connectivity index (χ1v) is 2.73. The molecule has 0 spiro atoms. The Balaban J connectivity index is 3.35. The molecular formula is C6H11NO. The average molecular weight is 113 g/mol. The molecule has 0 aliphatic heterocycles. The summed E-state index contributed by atoms with van der Waals surface area (Å²) in [5, 5.41) is 16.9. The molecule has 0 aromatic heterocycles. The molecule has 2 heteroatoms. The third kappa shape index (κ3) is 2.59. The van der Waals surface area contributed by atoms with Crippen LogP contribution in [0, 0.1) is 17.2 Å². The molecule has 0 aromatic rings. The zero-order valence-corrected chi connectivity index (χ0v) is 5.26. The van der Waals surface area contributed by atoms with Crippen molar-refractivity contribution in [2.24, 2.45) is 5.92 Å². The minimum Gasteiger partial charge on any atom is -0.393 e. The average Bonchev–Trinajstić information content (AvgIpc) is 1.67. The predicted octanol–water partition coefficient (Wildman–Crippen LogP) is 0.917. The van der Waals surface area contributed by atoms with Gasteiger partial charge in [0.2, 0.25) is 0 Å². The summed E-state index contributed by atoms with van der Waals surface area (Å²) in [6, 6.07) is 1.99. The molecule has 0 aromatic carbocycles. The molecule has 0 fully saturated rings. The van der Waals surface area contributed by atoms with Crippen LogP contribution in [0.2, 0.25) is 0 Å². The van der Waals surface area contributed by atoms with E-state index < -0.39 is 0 Å². The summed E-state index contributed by atoms with van der Waals surface area (Å²) in [7, 11) is 0. The second kappa shape index (κ2) is 3.45. The van der Waals surface area contributed by atoms with Crippen LogP contribution in [0.4, 0.5) is 0 Å². The highest BCUT2D eigenvalue weighted by Gasteiger charge is 2.05. The molecule has 8 heavy (non-hydrogen) atoms. The number of hydrogen-bond acceptors (Lipinski definition) is 2. The molecule has 2 nitrogen and oxygen atoms in total. The maximum atomic E-state index is 8.80. The second-order valence-electron chi connectivity index (χ2n) is 2.08. The van der Waals surface area contributed by atoms with Gasteiger partial charge in [-0.05, 0) is 12.8 Å². The molecule has 0 amide bonds. The van der Waals surface area contributed by atoms with Crippen LogP contribution in [-0.2, 0) is 0 Å². The van der Waals surface area contributed by atoms with E-state index >= 15 is 0 Å². The molecular weight excluding hydrogens is 102 g/mol. The van der Waals surface area contributed by atoms with Gasteiger partial charge in [-0.2, -0.15) is 5.26 Å². The van der Waals surface area contributed by atoms with Crippen LogP contribution in [0.1, 0.15) is 20.3 Å². The number of hydrogen-bond donors (Lipinski definition) is 1. The minimum atomic E-state index is -0.352. The first-order chi connectivity index (χ1) is 3.68.